The van der Waals surface area contributed by atoms with Gasteiger partial charge in [0, 0.05) is 11.6 Å². The van der Waals surface area contributed by atoms with E-state index in [1.54, 1.807) is 33.1 Å². The van der Waals surface area contributed by atoms with Crippen LogP contribution in [0.25, 0.3) is 0 Å². The molecule has 0 saturated carbocycles. The van der Waals surface area contributed by atoms with E-state index in [1.165, 1.54) is 0 Å². The van der Waals surface area contributed by atoms with Gasteiger partial charge < -0.3 is 14.6 Å². The molecule has 5 heteroatoms. The number of hydrogen-bond acceptors (Lipinski definition) is 4. The van der Waals surface area contributed by atoms with Crippen molar-refractivity contribution in [2.24, 2.45) is 0 Å². The number of benzene rings is 1. The quantitative estimate of drug-likeness (QED) is 0.856. The van der Waals surface area contributed by atoms with E-state index in [1.807, 2.05) is 25.1 Å². The molecule has 0 aliphatic carbocycles. The Morgan fingerprint density at radius 2 is 1.89 bits per heavy atom. The van der Waals surface area contributed by atoms with Crippen molar-refractivity contribution in [3.8, 4) is 11.5 Å². The first-order chi connectivity index (χ1) is 8.92. The van der Waals surface area contributed by atoms with Gasteiger partial charge in [0.15, 0.2) is 0 Å². The molecule has 1 rings (SSSR count). The molecule has 0 heterocycles. The molecule has 19 heavy (non-hydrogen) atoms. The van der Waals surface area contributed by atoms with Crippen molar-refractivity contribution < 1.29 is 19.4 Å². The summed E-state index contributed by atoms with van der Waals surface area (Å²) in [5.41, 5.74) is 0.900. The van der Waals surface area contributed by atoms with Crippen LogP contribution in [0, 0.1) is 0 Å². The number of rotatable bonds is 6. The number of nitrogens with zero attached hydrogens (tertiary/aromatic N) is 1. The first kappa shape index (κ1) is 15.3. The Kier molecular flexibility index (Phi) is 5.18. The zero-order valence-electron chi connectivity index (χ0n) is 12.0. The van der Waals surface area contributed by atoms with Gasteiger partial charge >= 0.3 is 5.97 Å². The molecule has 0 aliphatic heterocycles. The molecule has 1 N–H and O–H groups in total. The first-order valence-corrected chi connectivity index (χ1v) is 6.09. The van der Waals surface area contributed by atoms with Gasteiger partial charge in [-0.25, -0.2) is 0 Å². The van der Waals surface area contributed by atoms with Gasteiger partial charge in [-0.05, 0) is 39.1 Å². The second-order valence-corrected chi connectivity index (χ2v) is 4.46. The Morgan fingerprint density at radius 3 is 2.37 bits per heavy atom. The standard InChI is InChI=1S/C14H21NO4/c1-9(15(3)10(2)14(16)17)12-8-11(18-4)6-7-13(12)19-5/h6-10H,1-5H3,(H,16,17). The van der Waals surface area contributed by atoms with E-state index in [0.717, 1.165) is 17.1 Å². The summed E-state index contributed by atoms with van der Waals surface area (Å²) in [6.07, 6.45) is 0. The number of aliphatic carboxylic acids is 1. The predicted octanol–water partition coefficient (Wildman–Crippen LogP) is 2.17. The zero-order chi connectivity index (χ0) is 14.6. The summed E-state index contributed by atoms with van der Waals surface area (Å²) in [7, 11) is 4.97. The maximum Gasteiger partial charge on any atom is 0.320 e. The van der Waals surface area contributed by atoms with Gasteiger partial charge in [-0.3, -0.25) is 9.69 Å². The average Bonchev–Trinajstić information content (AvgIpc) is 2.43. The smallest absolute Gasteiger partial charge is 0.320 e. The predicted molar refractivity (Wildman–Crippen MR) is 72.8 cm³/mol. The lowest BCUT2D eigenvalue weighted by Gasteiger charge is -2.29. The first-order valence-electron chi connectivity index (χ1n) is 6.09. The third-order valence-electron chi connectivity index (χ3n) is 3.47. The minimum atomic E-state index is -0.851. The lowest BCUT2D eigenvalue weighted by Crippen LogP contribution is -2.37. The van der Waals surface area contributed by atoms with Gasteiger partial charge in [0.05, 0.1) is 14.2 Å². The van der Waals surface area contributed by atoms with Crippen LogP contribution in [0.1, 0.15) is 25.5 Å². The molecule has 0 saturated heterocycles. The van der Waals surface area contributed by atoms with Crippen LogP contribution in [0.15, 0.2) is 18.2 Å². The second-order valence-electron chi connectivity index (χ2n) is 4.46. The molecule has 0 aromatic heterocycles. The highest BCUT2D eigenvalue weighted by molar-refractivity contribution is 5.73. The van der Waals surface area contributed by atoms with E-state index >= 15 is 0 Å². The van der Waals surface area contributed by atoms with E-state index in [9.17, 15) is 4.79 Å². The fraction of sp³-hybridized carbons (Fsp3) is 0.500. The molecule has 2 unspecified atom stereocenters. The van der Waals surface area contributed by atoms with Crippen LogP contribution in [0.4, 0.5) is 0 Å². The molecule has 0 aliphatic rings. The van der Waals surface area contributed by atoms with E-state index in [-0.39, 0.29) is 6.04 Å². The van der Waals surface area contributed by atoms with E-state index in [4.69, 9.17) is 14.6 Å². The lowest BCUT2D eigenvalue weighted by molar-refractivity contribution is -0.142. The highest BCUT2D eigenvalue weighted by Gasteiger charge is 2.24. The Bertz CT molecular complexity index is 447. The molecule has 1 aromatic rings. The van der Waals surface area contributed by atoms with Crippen molar-refractivity contribution in [3.05, 3.63) is 23.8 Å². The number of carboxylic acid groups (broad SMARTS) is 1. The van der Waals surface area contributed by atoms with Gasteiger partial charge in [-0.1, -0.05) is 0 Å². The molecule has 5 nitrogen and oxygen atoms in total. The summed E-state index contributed by atoms with van der Waals surface area (Å²) in [6.45, 7) is 3.60. The summed E-state index contributed by atoms with van der Waals surface area (Å²) in [5, 5.41) is 9.08. The van der Waals surface area contributed by atoms with Crippen molar-refractivity contribution in [1.29, 1.82) is 0 Å². The monoisotopic (exact) mass is 267 g/mol. The topological polar surface area (TPSA) is 59.0 Å². The molecule has 0 amide bonds. The van der Waals surface area contributed by atoms with Crippen LogP contribution >= 0.6 is 0 Å². The number of likely N-dealkylation sites (N-methyl/N-ethyl adjacent to an activating group) is 1. The minimum Gasteiger partial charge on any atom is -0.497 e. The number of carbonyl (C=O) groups is 1. The van der Waals surface area contributed by atoms with Crippen molar-refractivity contribution in [2.75, 3.05) is 21.3 Å². The van der Waals surface area contributed by atoms with Gasteiger partial charge in [-0.15, -0.1) is 0 Å². The zero-order valence-corrected chi connectivity index (χ0v) is 12.0. The molecule has 106 valence electrons. The normalized spacial score (nSPS) is 14.0. The van der Waals surface area contributed by atoms with E-state index in [2.05, 4.69) is 0 Å². The fourth-order valence-corrected chi connectivity index (χ4v) is 1.89. The lowest BCUT2D eigenvalue weighted by atomic mass is 10.0. The van der Waals surface area contributed by atoms with Crippen LogP contribution < -0.4 is 9.47 Å². The highest BCUT2D eigenvalue weighted by Crippen LogP contribution is 2.32. The molecule has 0 radical (unpaired) electrons. The summed E-state index contributed by atoms with van der Waals surface area (Å²) in [4.78, 5) is 12.8. The molecule has 0 bridgehead atoms. The Labute approximate surface area is 113 Å². The van der Waals surface area contributed by atoms with Gasteiger partial charge in [0.2, 0.25) is 0 Å². The summed E-state index contributed by atoms with van der Waals surface area (Å²) >= 11 is 0. The van der Waals surface area contributed by atoms with E-state index < -0.39 is 12.0 Å². The van der Waals surface area contributed by atoms with Gasteiger partial charge in [-0.2, -0.15) is 0 Å². The Morgan fingerprint density at radius 1 is 1.26 bits per heavy atom. The van der Waals surface area contributed by atoms with Crippen LogP contribution in [-0.2, 0) is 4.79 Å². The Hall–Kier alpha value is -1.75. The number of methoxy groups -OCH3 is 2. The molecule has 0 spiro atoms. The summed E-state index contributed by atoms with van der Waals surface area (Å²) < 4.78 is 10.5. The minimum absolute atomic E-state index is 0.101. The third kappa shape index (κ3) is 3.38. The van der Waals surface area contributed by atoms with Crippen LogP contribution in [0.5, 0.6) is 11.5 Å². The van der Waals surface area contributed by atoms with Gasteiger partial charge in [0.1, 0.15) is 17.5 Å². The van der Waals surface area contributed by atoms with E-state index in [0.29, 0.717) is 0 Å². The van der Waals surface area contributed by atoms with Gasteiger partial charge in [0.25, 0.3) is 0 Å². The molecular formula is C14H21NO4. The highest BCUT2D eigenvalue weighted by atomic mass is 16.5. The van der Waals surface area contributed by atoms with Crippen molar-refractivity contribution in [2.45, 2.75) is 25.9 Å². The molecule has 0 fully saturated rings. The van der Waals surface area contributed by atoms with Crippen LogP contribution in [-0.4, -0.2) is 43.3 Å². The van der Waals surface area contributed by atoms with Crippen molar-refractivity contribution in [3.63, 3.8) is 0 Å². The molecule has 2 atom stereocenters. The SMILES string of the molecule is COc1ccc(OC)c(C(C)N(C)C(C)C(=O)O)c1. The average molecular weight is 267 g/mol. The largest absolute Gasteiger partial charge is 0.497 e. The number of carboxylic acids is 1. The Balaban J connectivity index is 3.09. The van der Waals surface area contributed by atoms with Crippen molar-refractivity contribution >= 4 is 5.97 Å². The molecule has 1 aromatic carbocycles. The van der Waals surface area contributed by atoms with Crippen molar-refractivity contribution in [1.82, 2.24) is 4.90 Å². The maximum atomic E-state index is 11.1. The fourth-order valence-electron chi connectivity index (χ4n) is 1.89. The maximum absolute atomic E-state index is 11.1. The van der Waals surface area contributed by atoms with Crippen LogP contribution in [0.3, 0.4) is 0 Å². The summed E-state index contributed by atoms with van der Waals surface area (Å²) in [5.74, 6) is 0.591. The van der Waals surface area contributed by atoms with Crippen LogP contribution in [0.2, 0.25) is 0 Å². The third-order valence-corrected chi connectivity index (χ3v) is 3.47. The number of ether oxygens (including phenoxy) is 2. The molecular weight excluding hydrogens is 246 g/mol. The number of hydrogen-bond donors (Lipinski definition) is 1. The summed E-state index contributed by atoms with van der Waals surface area (Å²) in [6, 6.07) is 4.83. The second kappa shape index (κ2) is 6.43.